The maximum atomic E-state index is 14.0. The lowest BCUT2D eigenvalue weighted by molar-refractivity contribution is 0.0585. The van der Waals surface area contributed by atoms with Crippen molar-refractivity contribution < 1.29 is 19.1 Å². The number of nitrogens with one attached hydrogen (secondary N) is 1. The summed E-state index contributed by atoms with van der Waals surface area (Å²) in [5, 5.41) is 11.9. The van der Waals surface area contributed by atoms with E-state index in [1.165, 1.54) is 0 Å². The Balaban J connectivity index is 1.89. The number of carbonyl (C=O) groups is 2. The Morgan fingerprint density at radius 2 is 1.75 bits per heavy atom. The molecule has 2 amide bonds. The summed E-state index contributed by atoms with van der Waals surface area (Å²) >= 11 is 6.16. The molecule has 0 bridgehead atoms. The van der Waals surface area contributed by atoms with E-state index in [-0.39, 0.29) is 41.2 Å². The predicted octanol–water partition coefficient (Wildman–Crippen LogP) is 6.24. The highest BCUT2D eigenvalue weighted by atomic mass is 35.5. The van der Waals surface area contributed by atoms with Crippen LogP contribution in [0.3, 0.4) is 0 Å². The molecule has 208 valence electrons. The Bertz CT molecular complexity index is 1550. The van der Waals surface area contributed by atoms with Crippen LogP contribution in [0.1, 0.15) is 59.1 Å². The Labute approximate surface area is 237 Å². The van der Waals surface area contributed by atoms with Crippen molar-refractivity contribution in [1.82, 2.24) is 15.2 Å². The molecule has 4 rings (SSSR count). The highest BCUT2D eigenvalue weighted by molar-refractivity contribution is 6.29. The quantitative estimate of drug-likeness (QED) is 0.175. The second kappa shape index (κ2) is 12.8. The normalized spacial score (nSPS) is 11.9. The summed E-state index contributed by atoms with van der Waals surface area (Å²) in [6.45, 7) is 6.24. The number of fused-ring (bicyclic) bond motifs is 1. The number of aromatic nitrogens is 1. The third kappa shape index (κ3) is 6.69. The topological polar surface area (TPSA) is 113 Å². The minimum atomic E-state index is -1.13. The third-order valence-corrected chi connectivity index (χ3v) is 6.93. The number of benzene rings is 2. The van der Waals surface area contributed by atoms with E-state index in [1.807, 2.05) is 63.2 Å². The number of halogens is 1. The molecule has 2 N–H and O–H groups in total. The van der Waals surface area contributed by atoms with Gasteiger partial charge in [0.1, 0.15) is 10.9 Å². The molecule has 2 aromatic heterocycles. The van der Waals surface area contributed by atoms with E-state index in [0.29, 0.717) is 35.1 Å². The average molecular weight is 562 g/mol. The molecule has 4 aromatic rings. The number of amides is 2. The lowest BCUT2D eigenvalue weighted by atomic mass is 9.92. The van der Waals surface area contributed by atoms with E-state index in [4.69, 9.17) is 21.1 Å². The molecule has 1 unspecified atom stereocenters. The van der Waals surface area contributed by atoms with Crippen LogP contribution in [0.4, 0.5) is 4.79 Å². The molecule has 0 fully saturated rings. The molecule has 8 nitrogen and oxygen atoms in total. The molecule has 9 heteroatoms. The summed E-state index contributed by atoms with van der Waals surface area (Å²) < 4.78 is 6.38. The highest BCUT2D eigenvalue weighted by Gasteiger charge is 2.34. The van der Waals surface area contributed by atoms with Crippen molar-refractivity contribution in [3.8, 4) is 0 Å². The van der Waals surface area contributed by atoms with Crippen LogP contribution < -0.4 is 10.7 Å². The van der Waals surface area contributed by atoms with Crippen molar-refractivity contribution >= 4 is 34.7 Å². The zero-order valence-corrected chi connectivity index (χ0v) is 23.4. The summed E-state index contributed by atoms with van der Waals surface area (Å²) in [7, 11) is 0. The fraction of sp³-hybridized carbons (Fsp3) is 0.290. The first-order chi connectivity index (χ1) is 19.2. The Morgan fingerprint density at radius 1 is 1.05 bits per heavy atom. The number of carboxylic acid groups (broad SMARTS) is 1. The van der Waals surface area contributed by atoms with Gasteiger partial charge >= 0.3 is 6.09 Å². The first kappa shape index (κ1) is 28.8. The van der Waals surface area contributed by atoms with Crippen molar-refractivity contribution in [3.63, 3.8) is 0 Å². The van der Waals surface area contributed by atoms with Crippen molar-refractivity contribution in [2.24, 2.45) is 5.92 Å². The maximum Gasteiger partial charge on any atom is 0.404 e. The average Bonchev–Trinajstić information content (AvgIpc) is 2.92. The fourth-order valence-electron chi connectivity index (χ4n) is 4.79. The summed E-state index contributed by atoms with van der Waals surface area (Å²) in [4.78, 5) is 44.9. The molecule has 0 saturated carbocycles. The van der Waals surface area contributed by atoms with E-state index in [0.717, 1.165) is 11.1 Å². The van der Waals surface area contributed by atoms with Gasteiger partial charge in [-0.2, -0.15) is 0 Å². The molecule has 2 aromatic carbocycles. The van der Waals surface area contributed by atoms with Crippen molar-refractivity contribution in [1.29, 1.82) is 0 Å². The van der Waals surface area contributed by atoms with E-state index in [9.17, 15) is 14.4 Å². The molecular formula is C31H32ClN3O5. The predicted molar refractivity (Wildman–Crippen MR) is 155 cm³/mol. The number of hydrogen-bond acceptors (Lipinski definition) is 5. The van der Waals surface area contributed by atoms with Crippen LogP contribution in [0.2, 0.25) is 5.15 Å². The van der Waals surface area contributed by atoms with Gasteiger partial charge in [0.25, 0.3) is 5.91 Å². The first-order valence-electron chi connectivity index (χ1n) is 13.2. The molecule has 0 aliphatic heterocycles. The van der Waals surface area contributed by atoms with E-state index >= 15 is 0 Å². The van der Waals surface area contributed by atoms with E-state index in [1.54, 1.807) is 29.2 Å². The van der Waals surface area contributed by atoms with Gasteiger partial charge in [0.15, 0.2) is 5.43 Å². The van der Waals surface area contributed by atoms with Gasteiger partial charge in [0, 0.05) is 30.6 Å². The number of pyridine rings is 1. The highest BCUT2D eigenvalue weighted by Crippen LogP contribution is 2.34. The van der Waals surface area contributed by atoms with E-state index in [2.05, 4.69) is 10.3 Å². The summed E-state index contributed by atoms with van der Waals surface area (Å²) in [5.74, 6) is -0.0737. The van der Waals surface area contributed by atoms with Gasteiger partial charge in [-0.05, 0) is 49.1 Å². The van der Waals surface area contributed by atoms with Crippen LogP contribution in [0.15, 0.2) is 75.9 Å². The van der Waals surface area contributed by atoms with Gasteiger partial charge in [-0.15, -0.1) is 0 Å². The van der Waals surface area contributed by atoms with Gasteiger partial charge in [0.2, 0.25) is 5.71 Å². The fourth-order valence-corrected chi connectivity index (χ4v) is 4.93. The summed E-state index contributed by atoms with van der Waals surface area (Å²) in [6, 6.07) is 19.4. The number of carbonyl (C=O) groups excluding carboxylic acids is 1. The largest absolute Gasteiger partial charge is 0.465 e. The number of hydrogen-bond donors (Lipinski definition) is 2. The Hall–Kier alpha value is -4.17. The summed E-state index contributed by atoms with van der Waals surface area (Å²) in [5.41, 5.74) is 2.73. The molecular weight excluding hydrogens is 530 g/mol. The zero-order chi connectivity index (χ0) is 28.8. The van der Waals surface area contributed by atoms with Crippen molar-refractivity contribution in [3.05, 3.63) is 110 Å². The van der Waals surface area contributed by atoms with Gasteiger partial charge in [-0.3, -0.25) is 9.59 Å². The van der Waals surface area contributed by atoms with Crippen molar-refractivity contribution in [2.45, 2.75) is 39.7 Å². The Kier molecular flexibility index (Phi) is 9.22. The SMILES string of the molecule is Cc1ccc(C(=O)N(CCCNC(=O)O)C(c2oc3nc(Cl)ccc3c(=O)c2Cc2ccccc2)C(C)C)cc1. The lowest BCUT2D eigenvalue weighted by Crippen LogP contribution is -2.40. The minimum absolute atomic E-state index is 0.102. The maximum absolute atomic E-state index is 14.0. The molecule has 0 saturated heterocycles. The molecule has 1 atom stereocenters. The standard InChI is InChI=1S/C31H32ClN3O5/c1-19(2)26(35(17-7-16-33-31(38)39)30(37)22-12-10-20(3)11-13-22)28-24(18-21-8-5-4-6-9-21)27(36)23-14-15-25(32)34-29(23)40-28/h4-6,8-15,19,26,33H,7,16-18H2,1-3H3,(H,38,39). The summed E-state index contributed by atoms with van der Waals surface area (Å²) in [6.07, 6.45) is -0.471. The van der Waals surface area contributed by atoms with Crippen LogP contribution in [-0.4, -0.2) is 40.1 Å². The van der Waals surface area contributed by atoms with Crippen LogP contribution in [-0.2, 0) is 6.42 Å². The number of rotatable bonds is 10. The monoisotopic (exact) mass is 561 g/mol. The number of nitrogens with zero attached hydrogens (tertiary/aromatic N) is 2. The minimum Gasteiger partial charge on any atom is -0.465 e. The molecule has 2 heterocycles. The second-order valence-corrected chi connectivity index (χ2v) is 10.4. The van der Waals surface area contributed by atoms with E-state index < -0.39 is 12.1 Å². The third-order valence-electron chi connectivity index (χ3n) is 6.72. The van der Waals surface area contributed by atoms with Crippen LogP contribution in [0.25, 0.3) is 11.1 Å². The lowest BCUT2D eigenvalue weighted by Gasteiger charge is -2.35. The molecule has 0 aliphatic rings. The van der Waals surface area contributed by atoms with Gasteiger partial charge in [-0.1, -0.05) is 73.5 Å². The molecule has 40 heavy (non-hydrogen) atoms. The Morgan fingerprint density at radius 3 is 2.40 bits per heavy atom. The van der Waals surface area contributed by atoms with Crippen molar-refractivity contribution in [2.75, 3.05) is 13.1 Å². The van der Waals surface area contributed by atoms with Crippen LogP contribution in [0.5, 0.6) is 0 Å². The van der Waals surface area contributed by atoms with Crippen LogP contribution in [0, 0.1) is 12.8 Å². The number of aryl methyl sites for hydroxylation is 1. The molecule has 0 spiro atoms. The van der Waals surface area contributed by atoms with Gasteiger partial charge < -0.3 is 19.7 Å². The molecule has 0 aliphatic carbocycles. The smallest absolute Gasteiger partial charge is 0.404 e. The first-order valence-corrected chi connectivity index (χ1v) is 13.5. The van der Waals surface area contributed by atoms with Crippen LogP contribution >= 0.6 is 11.6 Å². The zero-order valence-electron chi connectivity index (χ0n) is 22.7. The van der Waals surface area contributed by atoms with Gasteiger partial charge in [-0.25, -0.2) is 9.78 Å². The van der Waals surface area contributed by atoms with Gasteiger partial charge in [0.05, 0.1) is 11.4 Å². The molecule has 0 radical (unpaired) electrons. The second-order valence-electron chi connectivity index (χ2n) is 10.1.